The fourth-order valence-electron chi connectivity index (χ4n) is 3.79. The summed E-state index contributed by atoms with van der Waals surface area (Å²) in [7, 11) is -3.83. The first-order valence-electron chi connectivity index (χ1n) is 12.1. The molecule has 2 aromatic carbocycles. The highest BCUT2D eigenvalue weighted by atomic mass is 32.2. The van der Waals surface area contributed by atoms with Gasteiger partial charge in [0.1, 0.15) is 17.1 Å². The fraction of sp³-hybridized carbons (Fsp3) is 0.269. The number of aromatic hydroxyl groups is 1. The van der Waals surface area contributed by atoms with Crippen molar-refractivity contribution in [2.75, 3.05) is 24.4 Å². The lowest BCUT2D eigenvalue weighted by atomic mass is 10.2. The quantitative estimate of drug-likeness (QED) is 0.316. The standard InChI is InChI=1S/C26H27N5O6S/c32-23-13-10-20(17-22(23)26(34)37-18-25(33)31-15-5-1-2-6-16-31)29-28-19-8-11-21(12-9-19)38(35,36)30-24-7-3-4-14-27-24/h3-4,7-14,17,32H,1-2,5-6,15-16,18H2,(H,27,30). The van der Waals surface area contributed by atoms with Gasteiger partial charge in [0.05, 0.1) is 16.3 Å². The van der Waals surface area contributed by atoms with Gasteiger partial charge in [-0.15, -0.1) is 0 Å². The van der Waals surface area contributed by atoms with Crippen molar-refractivity contribution in [3.63, 3.8) is 0 Å². The van der Waals surface area contributed by atoms with E-state index in [1.807, 2.05) is 0 Å². The van der Waals surface area contributed by atoms with E-state index in [2.05, 4.69) is 19.9 Å². The van der Waals surface area contributed by atoms with E-state index in [-0.39, 0.29) is 33.6 Å². The van der Waals surface area contributed by atoms with Gasteiger partial charge < -0.3 is 14.7 Å². The molecule has 1 fully saturated rings. The number of ether oxygens (including phenoxy) is 1. The van der Waals surface area contributed by atoms with E-state index in [0.29, 0.717) is 18.8 Å². The first kappa shape index (κ1) is 26.7. The molecule has 11 nitrogen and oxygen atoms in total. The molecular formula is C26H27N5O6S. The predicted molar refractivity (Wildman–Crippen MR) is 139 cm³/mol. The molecule has 0 aliphatic carbocycles. The smallest absolute Gasteiger partial charge is 0.342 e. The van der Waals surface area contributed by atoms with Gasteiger partial charge in [-0.2, -0.15) is 10.2 Å². The molecule has 0 radical (unpaired) electrons. The number of nitrogens with zero attached hydrogens (tertiary/aromatic N) is 4. The number of nitrogens with one attached hydrogen (secondary N) is 1. The predicted octanol–water partition coefficient (Wildman–Crippen LogP) is 4.56. The van der Waals surface area contributed by atoms with Crippen LogP contribution in [0.2, 0.25) is 0 Å². The molecule has 1 amide bonds. The van der Waals surface area contributed by atoms with Crippen molar-refractivity contribution in [1.82, 2.24) is 9.88 Å². The van der Waals surface area contributed by atoms with Crippen molar-refractivity contribution in [3.8, 4) is 5.75 Å². The summed E-state index contributed by atoms with van der Waals surface area (Å²) in [6, 6.07) is 14.6. The summed E-state index contributed by atoms with van der Waals surface area (Å²) in [6.45, 7) is 0.880. The van der Waals surface area contributed by atoms with Gasteiger partial charge in [-0.1, -0.05) is 18.9 Å². The van der Waals surface area contributed by atoms with E-state index in [4.69, 9.17) is 4.74 Å². The van der Waals surface area contributed by atoms with Gasteiger partial charge in [0.25, 0.3) is 15.9 Å². The third-order valence-corrected chi connectivity index (χ3v) is 7.19. The molecule has 1 aliphatic heterocycles. The number of anilines is 1. The van der Waals surface area contributed by atoms with Crippen molar-refractivity contribution in [3.05, 3.63) is 72.4 Å². The van der Waals surface area contributed by atoms with Crippen LogP contribution in [-0.4, -0.2) is 55.0 Å². The summed E-state index contributed by atoms with van der Waals surface area (Å²) < 4.78 is 32.6. The molecule has 3 aromatic rings. The molecule has 0 saturated carbocycles. The number of azo groups is 1. The Balaban J connectivity index is 1.38. The van der Waals surface area contributed by atoms with Crippen LogP contribution in [0.15, 0.2) is 82.0 Å². The van der Waals surface area contributed by atoms with Crippen molar-refractivity contribution < 1.29 is 27.9 Å². The second-order valence-corrected chi connectivity index (χ2v) is 10.3. The van der Waals surface area contributed by atoms with Crippen LogP contribution < -0.4 is 4.72 Å². The summed E-state index contributed by atoms with van der Waals surface area (Å²) in [5, 5.41) is 18.2. The first-order valence-corrected chi connectivity index (χ1v) is 13.5. The van der Waals surface area contributed by atoms with E-state index in [0.717, 1.165) is 25.7 Å². The van der Waals surface area contributed by atoms with Crippen LogP contribution >= 0.6 is 0 Å². The number of pyridine rings is 1. The monoisotopic (exact) mass is 537 g/mol. The molecule has 1 aliphatic rings. The number of likely N-dealkylation sites (tertiary alicyclic amines) is 1. The van der Waals surface area contributed by atoms with E-state index in [1.165, 1.54) is 54.7 Å². The number of carbonyl (C=O) groups is 2. The van der Waals surface area contributed by atoms with Crippen LogP contribution in [0.25, 0.3) is 0 Å². The lowest BCUT2D eigenvalue weighted by Crippen LogP contribution is -2.35. The summed E-state index contributed by atoms with van der Waals surface area (Å²) in [5.41, 5.74) is 0.469. The number of hydrogen-bond acceptors (Lipinski definition) is 9. The number of phenols is 1. The third-order valence-electron chi connectivity index (χ3n) is 5.82. The number of rotatable bonds is 8. The highest BCUT2D eigenvalue weighted by Gasteiger charge is 2.20. The Morgan fingerprint density at radius 3 is 2.32 bits per heavy atom. The first-order chi connectivity index (χ1) is 18.3. The fourth-order valence-corrected chi connectivity index (χ4v) is 4.80. The third kappa shape index (κ3) is 7.13. The Hall–Kier alpha value is -4.32. The number of esters is 1. The minimum Gasteiger partial charge on any atom is -0.507 e. The highest BCUT2D eigenvalue weighted by Crippen LogP contribution is 2.26. The number of phenolic OH excluding ortho intramolecular Hbond substituents is 1. The Morgan fingerprint density at radius 1 is 0.947 bits per heavy atom. The molecular weight excluding hydrogens is 510 g/mol. The molecule has 12 heteroatoms. The molecule has 1 aromatic heterocycles. The minimum atomic E-state index is -3.83. The van der Waals surface area contributed by atoms with Gasteiger partial charge in [0, 0.05) is 19.3 Å². The second-order valence-electron chi connectivity index (χ2n) is 8.59. The SMILES string of the molecule is O=C(OCC(=O)N1CCCCCC1)c1cc(N=Nc2ccc(S(=O)(=O)Nc3ccccn3)cc2)ccc1O. The van der Waals surface area contributed by atoms with Crippen molar-refractivity contribution in [2.24, 2.45) is 10.2 Å². The Kier molecular flexibility index (Phi) is 8.64. The average molecular weight is 538 g/mol. The topological polar surface area (TPSA) is 151 Å². The van der Waals surface area contributed by atoms with Crippen molar-refractivity contribution >= 4 is 39.1 Å². The van der Waals surface area contributed by atoms with Gasteiger partial charge >= 0.3 is 5.97 Å². The summed E-state index contributed by atoms with van der Waals surface area (Å²) in [4.78, 5) is 30.6. The van der Waals surface area contributed by atoms with Crippen LogP contribution in [0, 0.1) is 0 Å². The Labute approximate surface area is 220 Å². The molecule has 0 bridgehead atoms. The van der Waals surface area contributed by atoms with Gasteiger partial charge in [0.15, 0.2) is 6.61 Å². The van der Waals surface area contributed by atoms with Gasteiger partial charge in [-0.25, -0.2) is 18.2 Å². The van der Waals surface area contributed by atoms with E-state index < -0.39 is 22.6 Å². The number of amides is 1. The molecule has 38 heavy (non-hydrogen) atoms. The Morgan fingerprint density at radius 2 is 1.63 bits per heavy atom. The lowest BCUT2D eigenvalue weighted by molar-refractivity contribution is -0.134. The molecule has 0 atom stereocenters. The maximum absolute atomic E-state index is 12.5. The summed E-state index contributed by atoms with van der Waals surface area (Å²) in [6.07, 6.45) is 5.48. The largest absolute Gasteiger partial charge is 0.507 e. The van der Waals surface area contributed by atoms with E-state index >= 15 is 0 Å². The molecule has 198 valence electrons. The van der Waals surface area contributed by atoms with Crippen LogP contribution in [-0.2, 0) is 19.6 Å². The molecule has 2 N–H and O–H groups in total. The number of sulfonamides is 1. The molecule has 0 spiro atoms. The lowest BCUT2D eigenvalue weighted by Gasteiger charge is -2.20. The number of hydrogen-bond donors (Lipinski definition) is 2. The molecule has 4 rings (SSSR count). The second kappa shape index (κ2) is 12.3. The van der Waals surface area contributed by atoms with Crippen LogP contribution in [0.5, 0.6) is 5.75 Å². The average Bonchev–Trinajstić information content (AvgIpc) is 3.21. The van der Waals surface area contributed by atoms with E-state index in [1.54, 1.807) is 17.0 Å². The minimum absolute atomic E-state index is 0.0199. The normalized spacial score (nSPS) is 14.2. The molecule has 2 heterocycles. The zero-order valence-corrected chi connectivity index (χ0v) is 21.3. The van der Waals surface area contributed by atoms with Gasteiger partial charge in [-0.3, -0.25) is 9.52 Å². The molecule has 0 unspecified atom stereocenters. The van der Waals surface area contributed by atoms with Crippen LogP contribution in [0.1, 0.15) is 36.0 Å². The maximum atomic E-state index is 12.5. The van der Waals surface area contributed by atoms with Gasteiger partial charge in [0.2, 0.25) is 0 Å². The van der Waals surface area contributed by atoms with Crippen LogP contribution in [0.4, 0.5) is 17.2 Å². The highest BCUT2D eigenvalue weighted by molar-refractivity contribution is 7.92. The van der Waals surface area contributed by atoms with Gasteiger partial charge in [-0.05, 0) is 67.4 Å². The summed E-state index contributed by atoms with van der Waals surface area (Å²) in [5.74, 6) is -1.23. The maximum Gasteiger partial charge on any atom is 0.342 e. The summed E-state index contributed by atoms with van der Waals surface area (Å²) >= 11 is 0. The number of carbonyl (C=O) groups excluding carboxylic acids is 2. The zero-order chi connectivity index (χ0) is 27.0. The molecule has 1 saturated heterocycles. The number of benzene rings is 2. The van der Waals surface area contributed by atoms with Crippen molar-refractivity contribution in [2.45, 2.75) is 30.6 Å². The van der Waals surface area contributed by atoms with Crippen molar-refractivity contribution in [1.29, 1.82) is 0 Å². The van der Waals surface area contributed by atoms with E-state index in [9.17, 15) is 23.1 Å². The zero-order valence-electron chi connectivity index (χ0n) is 20.5. The number of aromatic nitrogens is 1. The Bertz CT molecular complexity index is 1400. The van der Waals surface area contributed by atoms with Crippen LogP contribution in [0.3, 0.4) is 0 Å².